The van der Waals surface area contributed by atoms with Crippen LogP contribution in [0.5, 0.6) is 0 Å². The zero-order valence-electron chi connectivity index (χ0n) is 11.8. The molecule has 1 heterocycles. The van der Waals surface area contributed by atoms with Gasteiger partial charge in [0.25, 0.3) is 0 Å². The lowest BCUT2D eigenvalue weighted by Gasteiger charge is -2.30. The van der Waals surface area contributed by atoms with Crippen LogP contribution in [-0.2, 0) is 9.53 Å². The molecule has 1 aliphatic heterocycles. The molecule has 0 spiro atoms. The van der Waals surface area contributed by atoms with Crippen LogP contribution in [0, 0.1) is 11.8 Å². The fourth-order valence-electron chi connectivity index (χ4n) is 2.38. The molecule has 0 unspecified atom stereocenters. The molecule has 114 valence electrons. The minimum atomic E-state index is -0.809. The quantitative estimate of drug-likeness (QED) is 0.691. The van der Waals surface area contributed by atoms with Crippen molar-refractivity contribution in [3.05, 3.63) is 0 Å². The van der Waals surface area contributed by atoms with Crippen LogP contribution >= 0.6 is 0 Å². The van der Waals surface area contributed by atoms with Gasteiger partial charge in [0.1, 0.15) is 0 Å². The number of rotatable bonds is 7. The molecule has 2 N–H and O–H groups in total. The molecule has 0 radical (unpaired) electrons. The van der Waals surface area contributed by atoms with Gasteiger partial charge in [-0.1, -0.05) is 0 Å². The number of hydrogen-bond acceptors (Lipinski definition) is 3. The standard InChI is InChI=1S/C14H24N2O4/c17-13(18)12-3-1-7-16(9-12)14(19)15-6-2-8-20-10-11-4-5-11/h11-12H,1-10H2,(H,15,19)(H,17,18)/t12-/m1/s1. The summed E-state index contributed by atoms with van der Waals surface area (Å²) >= 11 is 0. The van der Waals surface area contributed by atoms with E-state index in [4.69, 9.17) is 9.84 Å². The van der Waals surface area contributed by atoms with Gasteiger partial charge in [0.05, 0.1) is 5.92 Å². The number of hydrogen-bond donors (Lipinski definition) is 2. The Kier molecular flexibility index (Phi) is 5.64. The van der Waals surface area contributed by atoms with Gasteiger partial charge in [-0.2, -0.15) is 0 Å². The highest BCUT2D eigenvalue weighted by Gasteiger charge is 2.27. The van der Waals surface area contributed by atoms with Crippen molar-refractivity contribution in [1.29, 1.82) is 0 Å². The molecule has 1 atom stereocenters. The van der Waals surface area contributed by atoms with E-state index in [9.17, 15) is 9.59 Å². The maximum Gasteiger partial charge on any atom is 0.317 e. The van der Waals surface area contributed by atoms with E-state index in [-0.39, 0.29) is 6.03 Å². The first-order chi connectivity index (χ1) is 9.66. The van der Waals surface area contributed by atoms with E-state index in [1.807, 2.05) is 0 Å². The maximum atomic E-state index is 11.9. The summed E-state index contributed by atoms with van der Waals surface area (Å²) in [7, 11) is 0. The fourth-order valence-corrected chi connectivity index (χ4v) is 2.38. The van der Waals surface area contributed by atoms with Crippen molar-refractivity contribution >= 4 is 12.0 Å². The third-order valence-electron chi connectivity index (χ3n) is 3.85. The smallest absolute Gasteiger partial charge is 0.317 e. The molecule has 2 rings (SSSR count). The van der Waals surface area contributed by atoms with E-state index >= 15 is 0 Å². The number of carboxylic acid groups (broad SMARTS) is 1. The second kappa shape index (κ2) is 7.47. The molecule has 1 saturated carbocycles. The van der Waals surface area contributed by atoms with Crippen LogP contribution in [-0.4, -0.2) is 54.9 Å². The molecule has 1 aliphatic carbocycles. The summed E-state index contributed by atoms with van der Waals surface area (Å²) in [5, 5.41) is 11.8. The first-order valence-electron chi connectivity index (χ1n) is 7.50. The van der Waals surface area contributed by atoms with E-state index < -0.39 is 11.9 Å². The average molecular weight is 284 g/mol. The molecule has 2 aliphatic rings. The average Bonchev–Trinajstić information content (AvgIpc) is 3.26. The van der Waals surface area contributed by atoms with Gasteiger partial charge in [-0.15, -0.1) is 0 Å². The number of carboxylic acids is 1. The van der Waals surface area contributed by atoms with Gasteiger partial charge in [-0.25, -0.2) is 4.79 Å². The van der Waals surface area contributed by atoms with Crippen molar-refractivity contribution in [2.45, 2.75) is 32.1 Å². The molecule has 6 heteroatoms. The van der Waals surface area contributed by atoms with Crippen molar-refractivity contribution in [2.75, 3.05) is 32.8 Å². The van der Waals surface area contributed by atoms with Crippen LogP contribution in [0.15, 0.2) is 0 Å². The Labute approximate surface area is 119 Å². The minimum Gasteiger partial charge on any atom is -0.481 e. The third kappa shape index (κ3) is 5.00. The Balaban J connectivity index is 1.55. The first-order valence-corrected chi connectivity index (χ1v) is 7.50. The van der Waals surface area contributed by atoms with E-state index in [1.165, 1.54) is 12.8 Å². The Morgan fingerprint density at radius 1 is 1.30 bits per heavy atom. The summed E-state index contributed by atoms with van der Waals surface area (Å²) in [6.45, 7) is 3.07. The van der Waals surface area contributed by atoms with Gasteiger partial charge >= 0.3 is 12.0 Å². The maximum absolute atomic E-state index is 11.9. The lowest BCUT2D eigenvalue weighted by atomic mass is 9.99. The highest BCUT2D eigenvalue weighted by Crippen LogP contribution is 2.28. The monoisotopic (exact) mass is 284 g/mol. The van der Waals surface area contributed by atoms with Crippen LogP contribution in [0.25, 0.3) is 0 Å². The highest BCUT2D eigenvalue weighted by molar-refractivity contribution is 5.76. The lowest BCUT2D eigenvalue weighted by molar-refractivity contribution is -0.143. The van der Waals surface area contributed by atoms with Gasteiger partial charge in [0.15, 0.2) is 0 Å². The van der Waals surface area contributed by atoms with Crippen molar-refractivity contribution in [3.8, 4) is 0 Å². The molecule has 0 aromatic carbocycles. The van der Waals surface area contributed by atoms with Gasteiger partial charge < -0.3 is 20.1 Å². The van der Waals surface area contributed by atoms with Gasteiger partial charge in [0, 0.05) is 32.8 Å². The van der Waals surface area contributed by atoms with Gasteiger partial charge in [0.2, 0.25) is 0 Å². The van der Waals surface area contributed by atoms with Crippen LogP contribution in [0.4, 0.5) is 4.79 Å². The SMILES string of the molecule is O=C(O)[C@@H]1CCCN(C(=O)NCCCOCC2CC2)C1. The van der Waals surface area contributed by atoms with E-state index in [0.29, 0.717) is 32.7 Å². The molecular formula is C14H24N2O4. The van der Waals surface area contributed by atoms with Crippen molar-refractivity contribution in [3.63, 3.8) is 0 Å². The second-order valence-electron chi connectivity index (χ2n) is 5.73. The van der Waals surface area contributed by atoms with Gasteiger partial charge in [-0.05, 0) is 38.0 Å². The Hall–Kier alpha value is -1.30. The number of likely N-dealkylation sites (tertiary alicyclic amines) is 1. The number of ether oxygens (including phenoxy) is 1. The number of aliphatic carboxylic acids is 1. The normalized spacial score (nSPS) is 22.6. The molecule has 1 saturated heterocycles. The van der Waals surface area contributed by atoms with Crippen molar-refractivity contribution < 1.29 is 19.4 Å². The zero-order chi connectivity index (χ0) is 14.4. The van der Waals surface area contributed by atoms with Crippen LogP contribution in [0.1, 0.15) is 32.1 Å². The van der Waals surface area contributed by atoms with Crippen LogP contribution in [0.2, 0.25) is 0 Å². The predicted octanol–water partition coefficient (Wildman–Crippen LogP) is 1.31. The first kappa shape index (κ1) is 15.1. The third-order valence-corrected chi connectivity index (χ3v) is 3.85. The summed E-state index contributed by atoms with van der Waals surface area (Å²) in [5.41, 5.74) is 0. The number of urea groups is 1. The van der Waals surface area contributed by atoms with Crippen LogP contribution < -0.4 is 5.32 Å². The number of carbonyl (C=O) groups is 2. The fraction of sp³-hybridized carbons (Fsp3) is 0.857. The van der Waals surface area contributed by atoms with E-state index in [0.717, 1.165) is 25.4 Å². The molecule has 0 aromatic heterocycles. The zero-order valence-corrected chi connectivity index (χ0v) is 11.8. The molecule has 0 bridgehead atoms. The minimum absolute atomic E-state index is 0.154. The van der Waals surface area contributed by atoms with Gasteiger partial charge in [-0.3, -0.25) is 4.79 Å². The summed E-state index contributed by atoms with van der Waals surface area (Å²) in [6, 6.07) is -0.154. The molecule has 6 nitrogen and oxygen atoms in total. The predicted molar refractivity (Wildman–Crippen MR) is 73.5 cm³/mol. The number of piperidine rings is 1. The second-order valence-corrected chi connectivity index (χ2v) is 5.73. The summed E-state index contributed by atoms with van der Waals surface area (Å²) in [4.78, 5) is 24.4. The Bertz CT molecular complexity index is 344. The van der Waals surface area contributed by atoms with E-state index in [1.54, 1.807) is 4.90 Å². The van der Waals surface area contributed by atoms with E-state index in [2.05, 4.69) is 5.32 Å². The number of carbonyl (C=O) groups excluding carboxylic acids is 1. The van der Waals surface area contributed by atoms with Crippen molar-refractivity contribution in [2.24, 2.45) is 11.8 Å². The Morgan fingerprint density at radius 3 is 2.80 bits per heavy atom. The molecule has 20 heavy (non-hydrogen) atoms. The number of amides is 2. The molecule has 2 amide bonds. The Morgan fingerprint density at radius 2 is 2.10 bits per heavy atom. The highest BCUT2D eigenvalue weighted by atomic mass is 16.5. The summed E-state index contributed by atoms with van der Waals surface area (Å²) in [5.74, 6) is -0.460. The summed E-state index contributed by atoms with van der Waals surface area (Å²) in [6.07, 6.45) is 4.80. The molecule has 2 fully saturated rings. The summed E-state index contributed by atoms with van der Waals surface area (Å²) < 4.78 is 5.49. The number of nitrogens with one attached hydrogen (secondary N) is 1. The topological polar surface area (TPSA) is 78.9 Å². The molecular weight excluding hydrogens is 260 g/mol. The lowest BCUT2D eigenvalue weighted by Crippen LogP contribution is -2.47. The number of nitrogens with zero attached hydrogens (tertiary/aromatic N) is 1. The molecule has 0 aromatic rings. The van der Waals surface area contributed by atoms with Crippen LogP contribution in [0.3, 0.4) is 0 Å². The van der Waals surface area contributed by atoms with Crippen molar-refractivity contribution in [1.82, 2.24) is 10.2 Å². The largest absolute Gasteiger partial charge is 0.481 e.